The number of hydrogen-bond acceptors (Lipinski definition) is 4. The number of ether oxygens (including phenoxy) is 2. The summed E-state index contributed by atoms with van der Waals surface area (Å²) in [6, 6.07) is 8.55. The van der Waals surface area contributed by atoms with Gasteiger partial charge in [0.2, 0.25) is 0 Å². The molecule has 1 N–H and O–H groups in total. The highest BCUT2D eigenvalue weighted by Gasteiger charge is 2.11. The number of nitrogens with zero attached hydrogens (tertiary/aromatic N) is 1. The van der Waals surface area contributed by atoms with Crippen molar-refractivity contribution in [1.82, 2.24) is 5.43 Å². The van der Waals surface area contributed by atoms with E-state index in [1.807, 2.05) is 0 Å². The van der Waals surface area contributed by atoms with E-state index in [0.717, 1.165) is 10.0 Å². The van der Waals surface area contributed by atoms with Gasteiger partial charge in [-0.15, -0.1) is 0 Å². The Labute approximate surface area is 161 Å². The molecule has 0 unspecified atom stereocenters. The second-order valence-corrected chi connectivity index (χ2v) is 6.74. The van der Waals surface area contributed by atoms with Gasteiger partial charge < -0.3 is 9.47 Å². The molecule has 0 fully saturated rings. The van der Waals surface area contributed by atoms with Crippen molar-refractivity contribution in [3.63, 3.8) is 0 Å². The first-order valence-electron chi connectivity index (χ1n) is 6.66. The molecule has 2 rings (SSSR count). The van der Waals surface area contributed by atoms with E-state index in [2.05, 4.69) is 42.4 Å². The smallest absolute Gasteiger partial charge is 0.272 e. The largest absolute Gasteiger partial charge is 0.493 e. The number of nitrogens with one attached hydrogen (secondary N) is 1. The quantitative estimate of drug-likeness (QED) is 0.505. The molecule has 24 heavy (non-hydrogen) atoms. The molecule has 0 saturated carbocycles. The van der Waals surface area contributed by atoms with Crippen molar-refractivity contribution >= 4 is 55.6 Å². The van der Waals surface area contributed by atoms with Crippen LogP contribution >= 0.6 is 43.5 Å². The fourth-order valence-corrected chi connectivity index (χ4v) is 3.10. The molecule has 0 aromatic heterocycles. The number of hydrazone groups is 1. The van der Waals surface area contributed by atoms with Gasteiger partial charge in [0.1, 0.15) is 0 Å². The fraction of sp³-hybridized carbons (Fsp3) is 0.125. The average Bonchev–Trinajstić information content (AvgIpc) is 2.56. The summed E-state index contributed by atoms with van der Waals surface area (Å²) >= 11 is 12.7. The molecule has 2 aromatic rings. The van der Waals surface area contributed by atoms with Crippen molar-refractivity contribution in [2.45, 2.75) is 0 Å². The maximum absolute atomic E-state index is 12.1. The van der Waals surface area contributed by atoms with Crippen LogP contribution in [0.1, 0.15) is 15.9 Å². The Morgan fingerprint density at radius 2 is 1.96 bits per heavy atom. The highest BCUT2D eigenvalue weighted by molar-refractivity contribution is 9.10. The van der Waals surface area contributed by atoms with Gasteiger partial charge >= 0.3 is 0 Å². The Morgan fingerprint density at radius 3 is 2.62 bits per heavy atom. The first-order valence-corrected chi connectivity index (χ1v) is 8.62. The predicted octanol–water partition coefficient (Wildman–Crippen LogP) is 4.65. The van der Waals surface area contributed by atoms with E-state index in [4.69, 9.17) is 21.1 Å². The van der Waals surface area contributed by atoms with Crippen LogP contribution in [0.3, 0.4) is 0 Å². The third-order valence-electron chi connectivity index (χ3n) is 3.01. The molecule has 126 valence electrons. The van der Waals surface area contributed by atoms with E-state index in [9.17, 15) is 4.79 Å². The minimum atomic E-state index is -0.405. The summed E-state index contributed by atoms with van der Waals surface area (Å²) in [6.45, 7) is 0. The monoisotopic (exact) mass is 474 g/mol. The lowest BCUT2D eigenvalue weighted by Gasteiger charge is -2.10. The van der Waals surface area contributed by atoms with E-state index < -0.39 is 5.91 Å². The standard InChI is InChI=1S/C16H13Br2ClN2O3/c1-23-14-6-9(5-12(18)15(14)24-2)8-20-21-16(22)11-7-10(17)3-4-13(11)19/h3-8H,1-2H3,(H,21,22). The minimum absolute atomic E-state index is 0.330. The molecular weight excluding hydrogens is 463 g/mol. The van der Waals surface area contributed by atoms with E-state index in [0.29, 0.717) is 26.6 Å². The summed E-state index contributed by atoms with van der Waals surface area (Å²) < 4.78 is 12.0. The Morgan fingerprint density at radius 1 is 1.21 bits per heavy atom. The van der Waals surface area contributed by atoms with Gasteiger partial charge in [-0.3, -0.25) is 4.79 Å². The Kier molecular flexibility index (Phi) is 6.65. The normalized spacial score (nSPS) is 10.7. The molecule has 0 aliphatic rings. The molecule has 2 aromatic carbocycles. The molecule has 0 aliphatic carbocycles. The van der Waals surface area contributed by atoms with Crippen molar-refractivity contribution in [1.29, 1.82) is 0 Å². The first kappa shape index (κ1) is 18.8. The zero-order valence-corrected chi connectivity index (χ0v) is 16.7. The first-order chi connectivity index (χ1) is 11.5. The maximum Gasteiger partial charge on any atom is 0.272 e. The number of benzene rings is 2. The van der Waals surface area contributed by atoms with Gasteiger partial charge in [0.15, 0.2) is 11.5 Å². The average molecular weight is 477 g/mol. The summed E-state index contributed by atoms with van der Waals surface area (Å²) in [7, 11) is 3.10. The second-order valence-electron chi connectivity index (χ2n) is 4.56. The molecule has 0 spiro atoms. The van der Waals surface area contributed by atoms with Crippen LogP contribution in [0.2, 0.25) is 5.02 Å². The number of hydrogen-bond donors (Lipinski definition) is 1. The van der Waals surface area contributed by atoms with E-state index in [1.165, 1.54) is 6.21 Å². The molecule has 0 radical (unpaired) electrons. The third-order valence-corrected chi connectivity index (χ3v) is 4.42. The van der Waals surface area contributed by atoms with E-state index >= 15 is 0 Å². The van der Waals surface area contributed by atoms with Crippen LogP contribution < -0.4 is 14.9 Å². The van der Waals surface area contributed by atoms with Crippen molar-refractivity contribution in [2.75, 3.05) is 14.2 Å². The van der Waals surface area contributed by atoms with Gasteiger partial charge in [0.05, 0.1) is 35.5 Å². The second kappa shape index (κ2) is 8.50. The highest BCUT2D eigenvalue weighted by atomic mass is 79.9. The van der Waals surface area contributed by atoms with Crippen molar-refractivity contribution in [2.24, 2.45) is 5.10 Å². The van der Waals surface area contributed by atoms with Crippen LogP contribution in [0.5, 0.6) is 11.5 Å². The molecule has 0 saturated heterocycles. The van der Waals surface area contributed by atoms with Crippen LogP contribution in [-0.4, -0.2) is 26.3 Å². The number of halogens is 3. The van der Waals surface area contributed by atoms with Crippen molar-refractivity contribution in [3.8, 4) is 11.5 Å². The molecule has 5 nitrogen and oxygen atoms in total. The number of amides is 1. The molecular formula is C16H13Br2ClN2O3. The minimum Gasteiger partial charge on any atom is -0.493 e. The molecule has 8 heteroatoms. The van der Waals surface area contributed by atoms with Gasteiger partial charge in [0.25, 0.3) is 5.91 Å². The Balaban J connectivity index is 2.15. The van der Waals surface area contributed by atoms with Crippen LogP contribution in [-0.2, 0) is 0 Å². The van der Waals surface area contributed by atoms with Crippen molar-refractivity contribution in [3.05, 3.63) is 55.4 Å². The summed E-state index contributed by atoms with van der Waals surface area (Å²) in [5.41, 5.74) is 3.49. The van der Waals surface area contributed by atoms with Crippen LogP contribution in [0.4, 0.5) is 0 Å². The maximum atomic E-state index is 12.1. The van der Waals surface area contributed by atoms with Gasteiger partial charge in [-0.2, -0.15) is 5.10 Å². The summed E-state index contributed by atoms with van der Waals surface area (Å²) in [4.78, 5) is 12.1. The van der Waals surface area contributed by atoms with Crippen molar-refractivity contribution < 1.29 is 14.3 Å². The van der Waals surface area contributed by atoms with Crippen LogP contribution in [0, 0.1) is 0 Å². The fourth-order valence-electron chi connectivity index (χ4n) is 1.91. The van der Waals surface area contributed by atoms with Gasteiger partial charge in [-0.1, -0.05) is 27.5 Å². The third kappa shape index (κ3) is 4.49. The highest BCUT2D eigenvalue weighted by Crippen LogP contribution is 2.35. The number of carbonyl (C=O) groups excluding carboxylic acids is 1. The summed E-state index contributed by atoms with van der Waals surface area (Å²) in [5.74, 6) is 0.728. The zero-order valence-electron chi connectivity index (χ0n) is 12.8. The molecule has 1 amide bonds. The molecule has 0 bridgehead atoms. The Hall–Kier alpha value is -1.57. The van der Waals surface area contributed by atoms with Gasteiger partial charge in [0, 0.05) is 4.47 Å². The summed E-state index contributed by atoms with van der Waals surface area (Å²) in [6.07, 6.45) is 1.50. The summed E-state index contributed by atoms with van der Waals surface area (Å²) in [5, 5.41) is 4.29. The lowest BCUT2D eigenvalue weighted by molar-refractivity contribution is 0.0955. The van der Waals surface area contributed by atoms with Crippen LogP contribution in [0.15, 0.2) is 44.4 Å². The molecule has 0 aliphatic heterocycles. The molecule has 0 atom stereocenters. The SMILES string of the molecule is COc1cc(C=NNC(=O)c2cc(Br)ccc2Cl)cc(Br)c1OC. The number of methoxy groups -OCH3 is 2. The molecule has 0 heterocycles. The lowest BCUT2D eigenvalue weighted by atomic mass is 10.2. The lowest BCUT2D eigenvalue weighted by Crippen LogP contribution is -2.18. The number of rotatable bonds is 5. The Bertz CT molecular complexity index is 797. The van der Waals surface area contributed by atoms with E-state index in [-0.39, 0.29) is 0 Å². The topological polar surface area (TPSA) is 59.9 Å². The predicted molar refractivity (Wildman–Crippen MR) is 101 cm³/mol. The zero-order chi connectivity index (χ0) is 17.7. The van der Waals surface area contributed by atoms with Crippen LogP contribution in [0.25, 0.3) is 0 Å². The van der Waals surface area contributed by atoms with Gasteiger partial charge in [-0.05, 0) is 51.8 Å². The number of carbonyl (C=O) groups is 1. The van der Waals surface area contributed by atoms with E-state index in [1.54, 1.807) is 44.6 Å². The van der Waals surface area contributed by atoms with Gasteiger partial charge in [-0.25, -0.2) is 5.43 Å².